The fourth-order valence-electron chi connectivity index (χ4n) is 2.03. The molecule has 0 spiro atoms. The summed E-state index contributed by atoms with van der Waals surface area (Å²) in [6.07, 6.45) is -1.11. The number of thioether (sulfide) groups is 1. The Morgan fingerprint density at radius 3 is 2.67 bits per heavy atom. The van der Waals surface area contributed by atoms with E-state index in [-0.39, 0.29) is 16.9 Å². The van der Waals surface area contributed by atoms with Crippen LogP contribution in [0.3, 0.4) is 0 Å². The van der Waals surface area contributed by atoms with Crippen molar-refractivity contribution in [3.05, 3.63) is 23.3 Å². The quantitative estimate of drug-likeness (QED) is 0.681. The largest absolute Gasteiger partial charge is 0.435 e. The molecule has 0 radical (unpaired) electrons. The molecule has 2 rings (SSSR count). The SMILES string of the molecule is CSc1ccc(OC(F)F)c2c1C(O)C(F)(F)C2. The van der Waals surface area contributed by atoms with Gasteiger partial charge in [0.05, 0.1) is 0 Å². The Kier molecular flexibility index (Phi) is 3.46. The van der Waals surface area contributed by atoms with Crippen LogP contribution in [0.1, 0.15) is 17.2 Å². The summed E-state index contributed by atoms with van der Waals surface area (Å²) < 4.78 is 55.5. The predicted octanol–water partition coefficient (Wildman–Crippen LogP) is 3.23. The van der Waals surface area contributed by atoms with Crippen molar-refractivity contribution < 1.29 is 27.4 Å². The van der Waals surface area contributed by atoms with Crippen molar-refractivity contribution >= 4 is 11.8 Å². The molecule has 1 unspecified atom stereocenters. The molecule has 0 aromatic heterocycles. The maximum atomic E-state index is 13.5. The van der Waals surface area contributed by atoms with Crippen molar-refractivity contribution in [1.82, 2.24) is 0 Å². The first-order chi connectivity index (χ1) is 8.36. The molecule has 1 N–H and O–H groups in total. The highest BCUT2D eigenvalue weighted by molar-refractivity contribution is 7.98. The fraction of sp³-hybridized carbons (Fsp3) is 0.455. The van der Waals surface area contributed by atoms with Crippen LogP contribution >= 0.6 is 11.8 Å². The number of alkyl halides is 4. The molecule has 0 fully saturated rings. The first kappa shape index (κ1) is 13.5. The van der Waals surface area contributed by atoms with Gasteiger partial charge in [-0.2, -0.15) is 8.78 Å². The van der Waals surface area contributed by atoms with E-state index in [2.05, 4.69) is 4.74 Å². The first-order valence-electron chi connectivity index (χ1n) is 5.07. The van der Waals surface area contributed by atoms with Gasteiger partial charge in [-0.1, -0.05) is 0 Å². The lowest BCUT2D eigenvalue weighted by atomic mass is 10.1. The fourth-order valence-corrected chi connectivity index (χ4v) is 2.69. The number of hydrogen-bond acceptors (Lipinski definition) is 3. The Bertz CT molecular complexity index is 465. The molecule has 1 atom stereocenters. The summed E-state index contributed by atoms with van der Waals surface area (Å²) in [5.41, 5.74) is -0.0506. The van der Waals surface area contributed by atoms with E-state index in [1.165, 1.54) is 23.9 Å². The van der Waals surface area contributed by atoms with Gasteiger partial charge in [0, 0.05) is 22.4 Å². The van der Waals surface area contributed by atoms with Crippen LogP contribution in [0.25, 0.3) is 0 Å². The number of halogens is 4. The van der Waals surface area contributed by atoms with E-state index in [4.69, 9.17) is 0 Å². The summed E-state index contributed by atoms with van der Waals surface area (Å²) in [4.78, 5) is 0.441. The number of aliphatic hydroxyl groups excluding tert-OH is 1. The van der Waals surface area contributed by atoms with E-state index < -0.39 is 25.1 Å². The minimum atomic E-state index is -3.35. The van der Waals surface area contributed by atoms with Crippen molar-refractivity contribution in [2.45, 2.75) is 30.0 Å². The third-order valence-electron chi connectivity index (χ3n) is 2.80. The summed E-state index contributed by atoms with van der Waals surface area (Å²) >= 11 is 1.17. The van der Waals surface area contributed by atoms with Crippen molar-refractivity contribution in [3.8, 4) is 5.75 Å². The highest BCUT2D eigenvalue weighted by Gasteiger charge is 2.49. The average Bonchev–Trinajstić information content (AvgIpc) is 2.52. The van der Waals surface area contributed by atoms with Gasteiger partial charge in [-0.15, -0.1) is 11.8 Å². The highest BCUT2D eigenvalue weighted by atomic mass is 32.2. The van der Waals surface area contributed by atoms with Gasteiger partial charge in [-0.3, -0.25) is 0 Å². The van der Waals surface area contributed by atoms with Crippen molar-refractivity contribution in [1.29, 1.82) is 0 Å². The third-order valence-corrected chi connectivity index (χ3v) is 3.59. The lowest BCUT2D eigenvalue weighted by Gasteiger charge is -2.15. The number of aliphatic hydroxyl groups is 1. The Morgan fingerprint density at radius 1 is 1.44 bits per heavy atom. The summed E-state index contributed by atoms with van der Waals surface area (Å²) in [6, 6.07) is 2.62. The van der Waals surface area contributed by atoms with Gasteiger partial charge < -0.3 is 9.84 Å². The lowest BCUT2D eigenvalue weighted by Crippen LogP contribution is -2.21. The molecule has 1 aromatic rings. The third kappa shape index (κ3) is 2.16. The van der Waals surface area contributed by atoms with Gasteiger partial charge in [0.25, 0.3) is 5.92 Å². The summed E-state index contributed by atoms with van der Waals surface area (Å²) in [5.74, 6) is -3.65. The molecule has 1 aliphatic rings. The summed E-state index contributed by atoms with van der Waals surface area (Å²) in [6.45, 7) is -3.08. The number of rotatable bonds is 3. The maximum absolute atomic E-state index is 13.5. The molecule has 0 bridgehead atoms. The van der Waals surface area contributed by atoms with Crippen molar-refractivity contribution in [3.63, 3.8) is 0 Å². The first-order valence-corrected chi connectivity index (χ1v) is 6.29. The Labute approximate surface area is 105 Å². The van der Waals surface area contributed by atoms with Crippen LogP contribution in [0.5, 0.6) is 5.75 Å². The smallest absolute Gasteiger partial charge is 0.387 e. The number of ether oxygens (including phenoxy) is 1. The second kappa shape index (κ2) is 4.62. The number of hydrogen-bond donors (Lipinski definition) is 1. The molecular weight excluding hydrogens is 272 g/mol. The number of benzene rings is 1. The van der Waals surface area contributed by atoms with E-state index in [9.17, 15) is 22.7 Å². The second-order valence-corrected chi connectivity index (χ2v) is 4.73. The van der Waals surface area contributed by atoms with Crippen LogP contribution < -0.4 is 4.74 Å². The van der Waals surface area contributed by atoms with Crippen LogP contribution in [0.4, 0.5) is 17.6 Å². The Morgan fingerprint density at radius 2 is 2.11 bits per heavy atom. The Hall–Kier alpha value is -0.950. The maximum Gasteiger partial charge on any atom is 0.387 e. The second-order valence-electron chi connectivity index (χ2n) is 3.88. The minimum absolute atomic E-state index is 0.00866. The molecule has 1 aliphatic carbocycles. The molecule has 2 nitrogen and oxygen atoms in total. The zero-order chi connectivity index (χ0) is 13.5. The molecule has 1 aromatic carbocycles. The Balaban J connectivity index is 2.52. The predicted molar refractivity (Wildman–Crippen MR) is 58.5 cm³/mol. The normalized spacial score (nSPS) is 21.2. The van der Waals surface area contributed by atoms with Crippen molar-refractivity contribution in [2.75, 3.05) is 6.26 Å². The molecule has 0 saturated carbocycles. The molecule has 0 heterocycles. The molecule has 100 valence electrons. The highest BCUT2D eigenvalue weighted by Crippen LogP contribution is 2.49. The zero-order valence-corrected chi connectivity index (χ0v) is 10.1. The van der Waals surface area contributed by atoms with Gasteiger partial charge in [-0.05, 0) is 18.4 Å². The van der Waals surface area contributed by atoms with Gasteiger partial charge in [0.15, 0.2) is 0 Å². The van der Waals surface area contributed by atoms with Gasteiger partial charge in [0.1, 0.15) is 11.9 Å². The average molecular weight is 282 g/mol. The number of fused-ring (bicyclic) bond motifs is 1. The molecular formula is C11H10F4O2S. The summed E-state index contributed by atoms with van der Waals surface area (Å²) in [7, 11) is 0. The van der Waals surface area contributed by atoms with Crippen molar-refractivity contribution in [2.24, 2.45) is 0 Å². The topological polar surface area (TPSA) is 29.5 Å². The van der Waals surface area contributed by atoms with Crippen LogP contribution in [0.2, 0.25) is 0 Å². The van der Waals surface area contributed by atoms with Crippen LogP contribution in [-0.4, -0.2) is 23.9 Å². The molecule has 0 aliphatic heterocycles. The molecule has 0 amide bonds. The molecule has 0 saturated heterocycles. The molecule has 7 heteroatoms. The lowest BCUT2D eigenvalue weighted by molar-refractivity contribution is -0.0979. The van der Waals surface area contributed by atoms with E-state index >= 15 is 0 Å². The van der Waals surface area contributed by atoms with Gasteiger partial charge >= 0.3 is 6.61 Å². The zero-order valence-electron chi connectivity index (χ0n) is 9.29. The molecule has 18 heavy (non-hydrogen) atoms. The summed E-state index contributed by atoms with van der Waals surface area (Å²) in [5, 5.41) is 9.57. The standard InChI is InChI=1S/C11H10F4O2S/c1-18-7-3-2-6(17-10(12)13)5-4-11(14,15)9(16)8(5)7/h2-3,9-10,16H,4H2,1H3. The monoisotopic (exact) mass is 282 g/mol. The van der Waals surface area contributed by atoms with Crippen LogP contribution in [0.15, 0.2) is 17.0 Å². The van der Waals surface area contributed by atoms with E-state index in [1.807, 2.05) is 0 Å². The van der Waals surface area contributed by atoms with E-state index in [0.29, 0.717) is 4.90 Å². The van der Waals surface area contributed by atoms with Crippen LogP contribution in [-0.2, 0) is 6.42 Å². The minimum Gasteiger partial charge on any atom is -0.435 e. The van der Waals surface area contributed by atoms with Gasteiger partial charge in [-0.25, -0.2) is 8.78 Å². The van der Waals surface area contributed by atoms with Crippen LogP contribution in [0, 0.1) is 0 Å². The van der Waals surface area contributed by atoms with E-state index in [0.717, 1.165) is 0 Å². The van der Waals surface area contributed by atoms with E-state index in [1.54, 1.807) is 6.26 Å². The van der Waals surface area contributed by atoms with Gasteiger partial charge in [0.2, 0.25) is 0 Å².